The molecule has 1 fully saturated rings. The Kier molecular flexibility index (Phi) is 8.02. The van der Waals surface area contributed by atoms with Crippen molar-refractivity contribution in [3.63, 3.8) is 0 Å². The molecule has 0 aromatic heterocycles. The smallest absolute Gasteiger partial charge is 0.467 e. The third-order valence-electron chi connectivity index (χ3n) is 4.13. The maximum Gasteiger partial charge on any atom is 0.498 e. The molecule has 1 heterocycles. The van der Waals surface area contributed by atoms with Crippen molar-refractivity contribution in [3.05, 3.63) is 0 Å². The Balaban J connectivity index is 2.60. The zero-order valence-corrected chi connectivity index (χ0v) is 15.6. The number of piperidine rings is 1. The lowest BCUT2D eigenvalue weighted by atomic mass is 9.95. The summed E-state index contributed by atoms with van der Waals surface area (Å²) in [4.78, 5) is 36.4. The van der Waals surface area contributed by atoms with Gasteiger partial charge in [0.05, 0.1) is 7.11 Å². The molecule has 1 rings (SSSR count). The minimum atomic E-state index is -5.36. The number of esters is 1. The second-order valence-corrected chi connectivity index (χ2v) is 8.07. The first-order chi connectivity index (χ1) is 12.4. The predicted octanol–water partition coefficient (Wildman–Crippen LogP) is -0.475. The van der Waals surface area contributed by atoms with Crippen molar-refractivity contribution in [1.82, 2.24) is 15.5 Å². The van der Waals surface area contributed by atoms with Gasteiger partial charge in [0.15, 0.2) is 0 Å². The highest BCUT2D eigenvalue weighted by Crippen LogP contribution is 2.23. The lowest BCUT2D eigenvalue weighted by Crippen LogP contribution is -2.56. The van der Waals surface area contributed by atoms with Crippen LogP contribution >= 0.6 is 0 Å². The Morgan fingerprint density at radius 2 is 1.89 bits per heavy atom. The van der Waals surface area contributed by atoms with Gasteiger partial charge in [0.2, 0.25) is 12.3 Å². The van der Waals surface area contributed by atoms with E-state index in [2.05, 4.69) is 15.4 Å². The third-order valence-corrected chi connectivity index (χ3v) is 5.38. The number of hydrogen-bond acceptors (Lipinski definition) is 7. The average Bonchev–Trinajstić information content (AvgIpc) is 2.62. The summed E-state index contributed by atoms with van der Waals surface area (Å²) >= 11 is 0. The van der Waals surface area contributed by atoms with Crippen molar-refractivity contribution in [3.8, 4) is 0 Å². The van der Waals surface area contributed by atoms with Crippen LogP contribution in [-0.4, -0.2) is 74.8 Å². The van der Waals surface area contributed by atoms with Crippen LogP contribution in [0.2, 0.25) is 0 Å². The van der Waals surface area contributed by atoms with Crippen LogP contribution in [0.1, 0.15) is 26.2 Å². The van der Waals surface area contributed by atoms with Crippen LogP contribution in [0.4, 0.5) is 13.2 Å². The topological polar surface area (TPSA) is 122 Å². The van der Waals surface area contributed by atoms with Gasteiger partial charge in [0, 0.05) is 12.6 Å². The van der Waals surface area contributed by atoms with Gasteiger partial charge in [-0.1, -0.05) is 0 Å². The van der Waals surface area contributed by atoms with Gasteiger partial charge in [-0.05, 0) is 26.2 Å². The largest absolute Gasteiger partial charge is 0.498 e. The minimum absolute atomic E-state index is 0.168. The summed E-state index contributed by atoms with van der Waals surface area (Å²) < 4.78 is 63.4. The normalized spacial score (nSPS) is 22.0. The number of sulfone groups is 1. The molecule has 0 saturated carbocycles. The molecule has 0 aromatic carbocycles. The molecule has 9 nitrogen and oxygen atoms in total. The minimum Gasteiger partial charge on any atom is -0.467 e. The fourth-order valence-electron chi connectivity index (χ4n) is 2.59. The number of carbonyl (C=O) groups excluding carboxylic acids is 3. The summed E-state index contributed by atoms with van der Waals surface area (Å²) in [7, 11) is -4.15. The van der Waals surface area contributed by atoms with Gasteiger partial charge in [-0.15, -0.1) is 0 Å². The second kappa shape index (κ2) is 9.35. The molecule has 27 heavy (non-hydrogen) atoms. The lowest BCUT2D eigenvalue weighted by Gasteiger charge is -2.37. The molecule has 0 aromatic rings. The zero-order chi connectivity index (χ0) is 20.8. The molecule has 0 spiro atoms. The molecule has 13 heteroatoms. The highest BCUT2D eigenvalue weighted by Gasteiger charge is 2.45. The van der Waals surface area contributed by atoms with Crippen LogP contribution < -0.4 is 10.6 Å². The van der Waals surface area contributed by atoms with Crippen molar-refractivity contribution < 1.29 is 40.7 Å². The number of nitrogens with zero attached hydrogens (tertiary/aromatic N) is 1. The molecule has 1 saturated heterocycles. The van der Waals surface area contributed by atoms with Crippen molar-refractivity contribution in [2.24, 2.45) is 0 Å². The summed E-state index contributed by atoms with van der Waals surface area (Å²) in [6.45, 7) is 1.22. The third kappa shape index (κ3) is 6.06. The summed E-state index contributed by atoms with van der Waals surface area (Å²) in [6, 6.07) is -2.59. The van der Waals surface area contributed by atoms with Gasteiger partial charge in [-0.2, -0.15) is 13.2 Å². The Bertz CT molecular complexity index is 655. The molecule has 2 N–H and O–H groups in total. The molecule has 3 atom stereocenters. The van der Waals surface area contributed by atoms with Gasteiger partial charge in [0.25, 0.3) is 9.84 Å². The van der Waals surface area contributed by atoms with Crippen LogP contribution in [0.3, 0.4) is 0 Å². The van der Waals surface area contributed by atoms with E-state index in [4.69, 9.17) is 0 Å². The zero-order valence-electron chi connectivity index (χ0n) is 14.8. The SMILES string of the molecule is COC(=O)[C@@H]1CCC[C@H](C(=O)NC[C@@H](C)NCS(=O)(=O)C(F)(F)F)N1C=O. The number of carbonyl (C=O) groups is 3. The van der Waals surface area contributed by atoms with Crippen LogP contribution in [0, 0.1) is 0 Å². The van der Waals surface area contributed by atoms with E-state index in [1.807, 2.05) is 0 Å². The van der Waals surface area contributed by atoms with E-state index in [1.165, 1.54) is 6.92 Å². The van der Waals surface area contributed by atoms with Crippen LogP contribution in [0.5, 0.6) is 0 Å². The Labute approximate surface area is 154 Å². The van der Waals surface area contributed by atoms with E-state index in [-0.39, 0.29) is 6.54 Å². The molecule has 0 unspecified atom stereocenters. The standard InChI is InChI=1S/C14H22F3N3O6S/c1-9(19-7-27(24,25)14(15,16)17)6-18-12(22)10-4-3-5-11(13(23)26-2)20(10)8-21/h8-11,19H,3-7H2,1-2H3,(H,18,22)/t9-,10-,11+/m1/s1. The summed E-state index contributed by atoms with van der Waals surface area (Å²) in [6.07, 6.45) is 1.53. The number of alkyl halides is 3. The van der Waals surface area contributed by atoms with E-state index in [0.717, 1.165) is 12.0 Å². The molecule has 1 aliphatic rings. The van der Waals surface area contributed by atoms with Crippen molar-refractivity contribution in [2.45, 2.75) is 49.8 Å². The summed E-state index contributed by atoms with van der Waals surface area (Å²) in [5, 5.41) is 4.61. The number of hydrogen-bond donors (Lipinski definition) is 2. The van der Waals surface area contributed by atoms with Crippen LogP contribution in [0.25, 0.3) is 0 Å². The van der Waals surface area contributed by atoms with E-state index < -0.39 is 51.2 Å². The first kappa shape index (κ1) is 23.1. The monoisotopic (exact) mass is 417 g/mol. The Hall–Kier alpha value is -1.89. The molecular weight excluding hydrogens is 395 g/mol. The number of rotatable bonds is 8. The molecular formula is C14H22F3N3O6S. The molecule has 0 aliphatic carbocycles. The maximum absolute atomic E-state index is 12.3. The summed E-state index contributed by atoms with van der Waals surface area (Å²) in [5.41, 5.74) is -5.36. The Morgan fingerprint density at radius 3 is 2.41 bits per heavy atom. The quantitative estimate of drug-likeness (QED) is 0.404. The predicted molar refractivity (Wildman–Crippen MR) is 86.8 cm³/mol. The van der Waals surface area contributed by atoms with E-state index in [0.29, 0.717) is 25.7 Å². The number of likely N-dealkylation sites (tertiary alicyclic amines) is 1. The molecule has 1 aliphatic heterocycles. The van der Waals surface area contributed by atoms with Gasteiger partial charge >= 0.3 is 11.5 Å². The highest BCUT2D eigenvalue weighted by molar-refractivity contribution is 7.92. The van der Waals surface area contributed by atoms with Gasteiger partial charge in [-0.3, -0.25) is 14.9 Å². The highest BCUT2D eigenvalue weighted by atomic mass is 32.2. The fourth-order valence-corrected chi connectivity index (χ4v) is 3.25. The number of nitrogens with one attached hydrogen (secondary N) is 2. The molecule has 2 amide bonds. The number of halogens is 3. The van der Waals surface area contributed by atoms with Crippen LogP contribution in [-0.2, 0) is 29.0 Å². The fraction of sp³-hybridized carbons (Fsp3) is 0.786. The van der Waals surface area contributed by atoms with Crippen molar-refractivity contribution in [1.29, 1.82) is 0 Å². The van der Waals surface area contributed by atoms with E-state index in [9.17, 15) is 36.0 Å². The van der Waals surface area contributed by atoms with Crippen LogP contribution in [0.15, 0.2) is 0 Å². The van der Waals surface area contributed by atoms with E-state index in [1.54, 1.807) is 0 Å². The second-order valence-electron chi connectivity index (χ2n) is 6.09. The first-order valence-corrected chi connectivity index (χ1v) is 9.70. The Morgan fingerprint density at radius 1 is 1.30 bits per heavy atom. The van der Waals surface area contributed by atoms with Gasteiger partial charge < -0.3 is 15.0 Å². The average molecular weight is 417 g/mol. The number of ether oxygens (including phenoxy) is 1. The first-order valence-electron chi connectivity index (χ1n) is 8.05. The van der Waals surface area contributed by atoms with Crippen molar-refractivity contribution >= 4 is 28.1 Å². The van der Waals surface area contributed by atoms with Crippen molar-refractivity contribution in [2.75, 3.05) is 19.5 Å². The van der Waals surface area contributed by atoms with Gasteiger partial charge in [-0.25, -0.2) is 13.2 Å². The maximum atomic E-state index is 12.3. The lowest BCUT2D eigenvalue weighted by molar-refractivity contribution is -0.155. The molecule has 0 bridgehead atoms. The number of methoxy groups -OCH3 is 1. The molecule has 0 radical (unpaired) electrons. The van der Waals surface area contributed by atoms with Gasteiger partial charge in [0.1, 0.15) is 18.0 Å². The number of amides is 2. The summed E-state index contributed by atoms with van der Waals surface area (Å²) in [5.74, 6) is -2.56. The molecule has 156 valence electrons. The van der Waals surface area contributed by atoms with E-state index >= 15 is 0 Å².